The van der Waals surface area contributed by atoms with Gasteiger partial charge in [0, 0.05) is 12.0 Å². The van der Waals surface area contributed by atoms with Crippen LogP contribution >= 0.6 is 0 Å². The summed E-state index contributed by atoms with van der Waals surface area (Å²) in [4.78, 5) is 7.71. The van der Waals surface area contributed by atoms with E-state index in [4.69, 9.17) is 4.84 Å². The number of benzene rings is 1. The minimum Gasteiger partial charge on any atom is -0.385 e. The van der Waals surface area contributed by atoms with E-state index in [-0.39, 0.29) is 11.4 Å². The SMILES string of the molecule is CC1=NOC2(C1)CN(c1ccc3nnc(-c4ccc(F)cc4)n3n1)C2. The van der Waals surface area contributed by atoms with E-state index < -0.39 is 0 Å². The van der Waals surface area contributed by atoms with Crippen molar-refractivity contribution >= 4 is 17.2 Å². The molecule has 0 bridgehead atoms. The zero-order valence-corrected chi connectivity index (χ0v) is 13.6. The number of nitrogens with zero attached hydrogens (tertiary/aromatic N) is 6. The molecule has 1 aromatic carbocycles. The molecule has 0 amide bonds. The summed E-state index contributed by atoms with van der Waals surface area (Å²) in [6, 6.07) is 9.95. The average Bonchev–Trinajstić information content (AvgIpc) is 3.17. The number of rotatable bonds is 2. The average molecular weight is 338 g/mol. The fourth-order valence-corrected chi connectivity index (χ4v) is 3.41. The Labute approximate surface area is 142 Å². The normalized spacial score (nSPS) is 18.3. The highest BCUT2D eigenvalue weighted by Gasteiger charge is 2.49. The molecule has 0 N–H and O–H groups in total. The van der Waals surface area contributed by atoms with Crippen molar-refractivity contribution in [2.75, 3.05) is 18.0 Å². The molecular formula is C17H15FN6O. The first kappa shape index (κ1) is 14.3. The van der Waals surface area contributed by atoms with E-state index in [0.717, 1.165) is 36.6 Å². The van der Waals surface area contributed by atoms with Crippen LogP contribution in [0, 0.1) is 5.82 Å². The summed E-state index contributed by atoms with van der Waals surface area (Å²) >= 11 is 0. The lowest BCUT2D eigenvalue weighted by atomic mass is 9.89. The van der Waals surface area contributed by atoms with Gasteiger partial charge in [-0.1, -0.05) is 5.16 Å². The van der Waals surface area contributed by atoms with Gasteiger partial charge < -0.3 is 9.74 Å². The van der Waals surface area contributed by atoms with Crippen LogP contribution in [0.2, 0.25) is 0 Å². The second kappa shape index (κ2) is 4.98. The maximum atomic E-state index is 13.2. The van der Waals surface area contributed by atoms with Crippen molar-refractivity contribution in [3.63, 3.8) is 0 Å². The Hall–Kier alpha value is -3.03. The first-order valence-corrected chi connectivity index (χ1v) is 8.07. The first-order chi connectivity index (χ1) is 12.1. The van der Waals surface area contributed by atoms with Crippen molar-refractivity contribution in [1.29, 1.82) is 0 Å². The number of halogens is 1. The van der Waals surface area contributed by atoms with E-state index in [1.807, 2.05) is 19.1 Å². The number of fused-ring (bicyclic) bond motifs is 1. The number of aromatic nitrogens is 4. The Morgan fingerprint density at radius 2 is 1.88 bits per heavy atom. The molecule has 126 valence electrons. The molecule has 1 saturated heterocycles. The minimum atomic E-state index is -0.286. The summed E-state index contributed by atoms with van der Waals surface area (Å²) in [5.41, 5.74) is 2.24. The van der Waals surface area contributed by atoms with Gasteiger partial charge >= 0.3 is 0 Å². The number of hydrogen-bond acceptors (Lipinski definition) is 6. The van der Waals surface area contributed by atoms with Crippen molar-refractivity contribution < 1.29 is 9.23 Å². The zero-order valence-electron chi connectivity index (χ0n) is 13.6. The first-order valence-electron chi connectivity index (χ1n) is 8.07. The monoisotopic (exact) mass is 338 g/mol. The van der Waals surface area contributed by atoms with Gasteiger partial charge in [-0.05, 0) is 43.3 Å². The lowest BCUT2D eigenvalue weighted by Crippen LogP contribution is -2.62. The fraction of sp³-hybridized carbons (Fsp3) is 0.294. The lowest BCUT2D eigenvalue weighted by Gasteiger charge is -2.45. The van der Waals surface area contributed by atoms with Crippen LogP contribution in [0.25, 0.3) is 17.0 Å². The second-order valence-corrected chi connectivity index (χ2v) is 6.63. The van der Waals surface area contributed by atoms with E-state index >= 15 is 0 Å². The van der Waals surface area contributed by atoms with Crippen LogP contribution in [0.15, 0.2) is 41.6 Å². The van der Waals surface area contributed by atoms with Gasteiger partial charge in [0.25, 0.3) is 0 Å². The van der Waals surface area contributed by atoms with Crippen LogP contribution in [-0.2, 0) is 4.84 Å². The van der Waals surface area contributed by atoms with Crippen molar-refractivity contribution in [1.82, 2.24) is 19.8 Å². The number of oxime groups is 1. The molecule has 1 spiro atoms. The van der Waals surface area contributed by atoms with Gasteiger partial charge in [-0.25, -0.2) is 4.39 Å². The van der Waals surface area contributed by atoms with Crippen molar-refractivity contribution in [2.24, 2.45) is 5.16 Å². The zero-order chi connectivity index (χ0) is 17.0. The standard InChI is InChI=1S/C17H15FN6O/c1-11-8-17(25-22-11)9-23(10-17)15-7-6-14-19-20-16(24(14)21-15)12-2-4-13(18)5-3-12/h2-7H,8-10H2,1H3. The summed E-state index contributed by atoms with van der Waals surface area (Å²) in [5.74, 6) is 1.13. The Balaban J connectivity index is 1.46. The molecule has 7 nitrogen and oxygen atoms in total. The molecule has 3 aromatic rings. The fourth-order valence-electron chi connectivity index (χ4n) is 3.41. The Morgan fingerprint density at radius 1 is 1.08 bits per heavy atom. The molecule has 0 atom stereocenters. The topological polar surface area (TPSA) is 67.9 Å². The molecule has 4 heterocycles. The van der Waals surface area contributed by atoms with E-state index in [1.165, 1.54) is 12.1 Å². The summed E-state index contributed by atoms with van der Waals surface area (Å²) < 4.78 is 14.8. The van der Waals surface area contributed by atoms with Crippen molar-refractivity contribution in [3.8, 4) is 11.4 Å². The molecule has 0 radical (unpaired) electrons. The van der Waals surface area contributed by atoms with Crippen LogP contribution in [0.5, 0.6) is 0 Å². The second-order valence-electron chi connectivity index (χ2n) is 6.63. The van der Waals surface area contributed by atoms with E-state index in [0.29, 0.717) is 11.5 Å². The molecule has 2 aliphatic rings. The van der Waals surface area contributed by atoms with Crippen LogP contribution in [0.4, 0.5) is 10.2 Å². The maximum Gasteiger partial charge on any atom is 0.185 e. The van der Waals surface area contributed by atoms with Crippen LogP contribution in [-0.4, -0.2) is 44.2 Å². The largest absolute Gasteiger partial charge is 0.385 e. The smallest absolute Gasteiger partial charge is 0.185 e. The van der Waals surface area contributed by atoms with Gasteiger partial charge in [0.2, 0.25) is 0 Å². The Bertz CT molecular complexity index is 990. The van der Waals surface area contributed by atoms with Crippen molar-refractivity contribution in [3.05, 3.63) is 42.2 Å². The minimum absolute atomic E-state index is 0.201. The molecule has 0 aliphatic carbocycles. The van der Waals surface area contributed by atoms with Gasteiger partial charge in [0.05, 0.1) is 18.8 Å². The van der Waals surface area contributed by atoms with E-state index in [9.17, 15) is 4.39 Å². The molecule has 8 heteroatoms. The predicted molar refractivity (Wildman–Crippen MR) is 89.9 cm³/mol. The highest BCUT2D eigenvalue weighted by atomic mass is 19.1. The molecule has 2 aliphatic heterocycles. The maximum absolute atomic E-state index is 13.2. The molecule has 0 unspecified atom stereocenters. The Kier molecular flexibility index (Phi) is 2.85. The van der Waals surface area contributed by atoms with E-state index in [1.54, 1.807) is 16.6 Å². The summed E-state index contributed by atoms with van der Waals surface area (Å²) in [7, 11) is 0. The number of hydrogen-bond donors (Lipinski definition) is 0. The van der Waals surface area contributed by atoms with Crippen molar-refractivity contribution in [2.45, 2.75) is 18.9 Å². The Morgan fingerprint density at radius 3 is 2.60 bits per heavy atom. The molecular weight excluding hydrogens is 323 g/mol. The highest BCUT2D eigenvalue weighted by molar-refractivity contribution is 5.84. The van der Waals surface area contributed by atoms with Gasteiger partial charge in [0.1, 0.15) is 11.6 Å². The van der Waals surface area contributed by atoms with Crippen LogP contribution < -0.4 is 4.90 Å². The number of anilines is 1. The van der Waals surface area contributed by atoms with Gasteiger partial charge in [0.15, 0.2) is 17.1 Å². The molecule has 25 heavy (non-hydrogen) atoms. The molecule has 2 aromatic heterocycles. The molecule has 1 fully saturated rings. The summed E-state index contributed by atoms with van der Waals surface area (Å²) in [5, 5.41) is 17.0. The lowest BCUT2D eigenvalue weighted by molar-refractivity contribution is -0.0396. The summed E-state index contributed by atoms with van der Waals surface area (Å²) in [6.07, 6.45) is 0.860. The van der Waals surface area contributed by atoms with E-state index in [2.05, 4.69) is 25.4 Å². The van der Waals surface area contributed by atoms with Gasteiger partial charge in [-0.2, -0.15) is 4.52 Å². The quantitative estimate of drug-likeness (QED) is 0.717. The third-order valence-electron chi connectivity index (χ3n) is 4.61. The van der Waals surface area contributed by atoms with Crippen LogP contribution in [0.3, 0.4) is 0 Å². The molecule has 0 saturated carbocycles. The van der Waals surface area contributed by atoms with Gasteiger partial charge in [-0.3, -0.25) is 0 Å². The van der Waals surface area contributed by atoms with Gasteiger partial charge in [-0.15, -0.1) is 15.3 Å². The molecule has 5 rings (SSSR count). The summed E-state index contributed by atoms with van der Waals surface area (Å²) in [6.45, 7) is 3.48. The predicted octanol–water partition coefficient (Wildman–Crippen LogP) is 2.29. The highest BCUT2D eigenvalue weighted by Crippen LogP contribution is 2.36. The third-order valence-corrected chi connectivity index (χ3v) is 4.61. The third kappa shape index (κ3) is 2.25. The van der Waals surface area contributed by atoms with Crippen LogP contribution in [0.1, 0.15) is 13.3 Å².